The molecule has 1 aromatic carbocycles. The summed E-state index contributed by atoms with van der Waals surface area (Å²) in [6.07, 6.45) is 5.47. The number of hydrogen-bond acceptors (Lipinski definition) is 3. The van der Waals surface area contributed by atoms with Crippen LogP contribution in [0.3, 0.4) is 0 Å². The Labute approximate surface area is 185 Å². The van der Waals surface area contributed by atoms with Gasteiger partial charge < -0.3 is 20.3 Å². The van der Waals surface area contributed by atoms with Gasteiger partial charge in [-0.25, -0.2) is 0 Å². The molecular weight excluding hydrogens is 467 g/mol. The Morgan fingerprint density at radius 3 is 2.36 bits per heavy atom. The molecule has 0 bridgehead atoms. The number of rotatable bonds is 6. The SMILES string of the molecule is CCNC(=NCCNC(=O)c1ccc(OC)cc1)N1CC2CCCCC2C1.I. The molecule has 1 saturated carbocycles. The zero-order valence-corrected chi connectivity index (χ0v) is 19.3. The molecule has 0 radical (unpaired) electrons. The van der Waals surface area contributed by atoms with Crippen LogP contribution in [0.25, 0.3) is 0 Å². The number of guanidine groups is 1. The van der Waals surface area contributed by atoms with Crippen molar-refractivity contribution in [3.63, 3.8) is 0 Å². The predicted molar refractivity (Wildman–Crippen MR) is 124 cm³/mol. The van der Waals surface area contributed by atoms with E-state index >= 15 is 0 Å². The van der Waals surface area contributed by atoms with Crippen LogP contribution in [-0.4, -0.2) is 56.6 Å². The van der Waals surface area contributed by atoms with Gasteiger partial charge in [0.15, 0.2) is 5.96 Å². The lowest BCUT2D eigenvalue weighted by atomic mass is 9.82. The first-order valence-corrected chi connectivity index (χ1v) is 10.2. The second kappa shape index (κ2) is 11.5. The van der Waals surface area contributed by atoms with E-state index in [2.05, 4.69) is 22.5 Å². The van der Waals surface area contributed by atoms with Gasteiger partial charge in [-0.3, -0.25) is 9.79 Å². The summed E-state index contributed by atoms with van der Waals surface area (Å²) >= 11 is 0. The van der Waals surface area contributed by atoms with Crippen molar-refractivity contribution in [1.82, 2.24) is 15.5 Å². The Bertz CT molecular complexity index is 636. The molecule has 1 aromatic rings. The minimum Gasteiger partial charge on any atom is -0.497 e. The van der Waals surface area contributed by atoms with Gasteiger partial charge in [0.1, 0.15) is 5.75 Å². The van der Waals surface area contributed by atoms with Gasteiger partial charge in [0, 0.05) is 31.7 Å². The number of carbonyl (C=O) groups is 1. The van der Waals surface area contributed by atoms with Crippen molar-refractivity contribution < 1.29 is 9.53 Å². The monoisotopic (exact) mass is 500 g/mol. The highest BCUT2D eigenvalue weighted by Gasteiger charge is 2.35. The lowest BCUT2D eigenvalue weighted by Gasteiger charge is -2.22. The summed E-state index contributed by atoms with van der Waals surface area (Å²) in [5, 5.41) is 6.36. The maximum Gasteiger partial charge on any atom is 0.251 e. The van der Waals surface area contributed by atoms with Gasteiger partial charge in [0.2, 0.25) is 0 Å². The summed E-state index contributed by atoms with van der Waals surface area (Å²) in [5.41, 5.74) is 0.635. The quantitative estimate of drug-likeness (QED) is 0.273. The second-order valence-electron chi connectivity index (χ2n) is 7.43. The molecule has 1 aliphatic carbocycles. The van der Waals surface area contributed by atoms with E-state index < -0.39 is 0 Å². The Balaban J connectivity index is 0.00000280. The molecule has 7 heteroatoms. The zero-order valence-electron chi connectivity index (χ0n) is 16.9. The van der Waals surface area contributed by atoms with Crippen LogP contribution in [0.15, 0.2) is 29.3 Å². The highest BCUT2D eigenvalue weighted by molar-refractivity contribution is 14.0. The highest BCUT2D eigenvalue weighted by atomic mass is 127. The van der Waals surface area contributed by atoms with E-state index in [0.29, 0.717) is 18.7 Å². The predicted octanol–water partition coefficient (Wildman–Crippen LogP) is 3.13. The number of methoxy groups -OCH3 is 1. The van der Waals surface area contributed by atoms with Crippen LogP contribution in [0.4, 0.5) is 0 Å². The highest BCUT2D eigenvalue weighted by Crippen LogP contribution is 2.35. The fourth-order valence-corrected chi connectivity index (χ4v) is 4.18. The molecule has 1 saturated heterocycles. The number of fused-ring (bicyclic) bond motifs is 1. The van der Waals surface area contributed by atoms with E-state index in [9.17, 15) is 4.79 Å². The molecule has 1 heterocycles. The van der Waals surface area contributed by atoms with E-state index in [1.807, 2.05) is 0 Å². The Morgan fingerprint density at radius 2 is 1.79 bits per heavy atom. The number of ether oxygens (including phenoxy) is 1. The van der Waals surface area contributed by atoms with Gasteiger partial charge in [-0.15, -0.1) is 24.0 Å². The number of nitrogens with zero attached hydrogens (tertiary/aromatic N) is 2. The smallest absolute Gasteiger partial charge is 0.251 e. The van der Waals surface area contributed by atoms with Crippen LogP contribution in [-0.2, 0) is 0 Å². The van der Waals surface area contributed by atoms with Gasteiger partial charge >= 0.3 is 0 Å². The minimum absolute atomic E-state index is 0. The van der Waals surface area contributed by atoms with Crippen LogP contribution in [0, 0.1) is 11.8 Å². The normalized spacial score (nSPS) is 21.5. The van der Waals surface area contributed by atoms with Crippen LogP contribution in [0.1, 0.15) is 43.0 Å². The maximum absolute atomic E-state index is 12.2. The van der Waals surface area contributed by atoms with E-state index in [1.54, 1.807) is 31.4 Å². The fourth-order valence-electron chi connectivity index (χ4n) is 4.18. The molecule has 156 valence electrons. The van der Waals surface area contributed by atoms with Crippen molar-refractivity contribution in [3.05, 3.63) is 29.8 Å². The Hall–Kier alpha value is -1.51. The van der Waals surface area contributed by atoms with Crippen molar-refractivity contribution in [2.45, 2.75) is 32.6 Å². The van der Waals surface area contributed by atoms with Crippen LogP contribution in [0.5, 0.6) is 5.75 Å². The Morgan fingerprint density at radius 1 is 1.14 bits per heavy atom. The van der Waals surface area contributed by atoms with Gasteiger partial charge in [0.05, 0.1) is 13.7 Å². The molecule has 2 aliphatic rings. The third kappa shape index (κ3) is 5.99. The molecule has 1 amide bonds. The third-order valence-corrected chi connectivity index (χ3v) is 5.62. The average molecular weight is 500 g/mol. The molecule has 2 fully saturated rings. The number of benzene rings is 1. The van der Waals surface area contributed by atoms with E-state index in [1.165, 1.54) is 25.7 Å². The number of likely N-dealkylation sites (tertiary alicyclic amines) is 1. The summed E-state index contributed by atoms with van der Waals surface area (Å²) in [6, 6.07) is 7.13. The van der Waals surface area contributed by atoms with Gasteiger partial charge in [-0.2, -0.15) is 0 Å². The number of hydrogen-bond donors (Lipinski definition) is 2. The summed E-state index contributed by atoms with van der Waals surface area (Å²) in [7, 11) is 1.62. The number of amides is 1. The zero-order chi connectivity index (χ0) is 19.1. The molecule has 1 aliphatic heterocycles. The summed E-state index contributed by atoms with van der Waals surface area (Å²) in [5.74, 6) is 3.32. The maximum atomic E-state index is 12.2. The van der Waals surface area contributed by atoms with Crippen molar-refractivity contribution in [2.24, 2.45) is 16.8 Å². The van der Waals surface area contributed by atoms with E-state index in [4.69, 9.17) is 9.73 Å². The molecular formula is C21H33IN4O2. The summed E-state index contributed by atoms with van der Waals surface area (Å²) in [6.45, 7) is 6.31. The third-order valence-electron chi connectivity index (χ3n) is 5.62. The van der Waals surface area contributed by atoms with Crippen molar-refractivity contribution in [3.8, 4) is 5.75 Å². The fraction of sp³-hybridized carbons (Fsp3) is 0.619. The van der Waals surface area contributed by atoms with Crippen molar-refractivity contribution in [1.29, 1.82) is 0 Å². The second-order valence-corrected chi connectivity index (χ2v) is 7.43. The van der Waals surface area contributed by atoms with E-state index in [-0.39, 0.29) is 29.9 Å². The van der Waals surface area contributed by atoms with Crippen molar-refractivity contribution in [2.75, 3.05) is 39.8 Å². The van der Waals surface area contributed by atoms with Crippen LogP contribution < -0.4 is 15.4 Å². The molecule has 2 N–H and O–H groups in total. The Kier molecular flexibility index (Phi) is 9.34. The van der Waals surface area contributed by atoms with Crippen LogP contribution in [0.2, 0.25) is 0 Å². The van der Waals surface area contributed by atoms with Crippen molar-refractivity contribution >= 4 is 35.8 Å². The van der Waals surface area contributed by atoms with E-state index in [0.717, 1.165) is 43.2 Å². The molecule has 2 atom stereocenters. The molecule has 2 unspecified atom stereocenters. The topological polar surface area (TPSA) is 66.0 Å². The van der Waals surface area contributed by atoms with Gasteiger partial charge in [0.25, 0.3) is 5.91 Å². The molecule has 0 aromatic heterocycles. The lowest BCUT2D eigenvalue weighted by molar-refractivity contribution is 0.0954. The molecule has 28 heavy (non-hydrogen) atoms. The number of nitrogens with one attached hydrogen (secondary N) is 2. The van der Waals surface area contributed by atoms with Gasteiger partial charge in [-0.05, 0) is 55.9 Å². The first-order chi connectivity index (χ1) is 13.2. The number of aliphatic imine (C=N–C) groups is 1. The first-order valence-electron chi connectivity index (χ1n) is 10.2. The van der Waals surface area contributed by atoms with Crippen LogP contribution >= 0.6 is 24.0 Å². The lowest BCUT2D eigenvalue weighted by Crippen LogP contribution is -2.41. The number of carbonyl (C=O) groups excluding carboxylic acids is 1. The van der Waals surface area contributed by atoms with Gasteiger partial charge in [-0.1, -0.05) is 12.8 Å². The summed E-state index contributed by atoms with van der Waals surface area (Å²) in [4.78, 5) is 19.4. The molecule has 0 spiro atoms. The standard InChI is InChI=1S/C21H32N4O2.HI/c1-3-22-21(25-14-17-6-4-5-7-18(17)15-25)24-13-12-23-20(26)16-8-10-19(27-2)11-9-16;/h8-11,17-18H,3-7,12-15H2,1-2H3,(H,22,24)(H,23,26);1H. The first kappa shape index (κ1) is 22.8. The molecule has 6 nitrogen and oxygen atoms in total. The minimum atomic E-state index is -0.0787. The molecule has 3 rings (SSSR count). The summed E-state index contributed by atoms with van der Waals surface area (Å²) < 4.78 is 5.12. The number of halogens is 1. The average Bonchev–Trinajstić information content (AvgIpc) is 3.14. The largest absolute Gasteiger partial charge is 0.497 e.